The number of piperidine rings is 1. The minimum Gasteiger partial charge on any atom is -0.497 e. The number of aliphatic imine (C=N–C) groups is 1. The van der Waals surface area contributed by atoms with E-state index in [9.17, 15) is 8.78 Å². The maximum atomic E-state index is 12.8. The van der Waals surface area contributed by atoms with Crippen molar-refractivity contribution in [2.45, 2.75) is 39.5 Å². The molecule has 1 aliphatic heterocycles. The largest absolute Gasteiger partial charge is 0.497 e. The molecule has 7 nitrogen and oxygen atoms in total. The molecule has 1 aromatic carbocycles. The number of ether oxygens (including phenoxy) is 2. The highest BCUT2D eigenvalue weighted by atomic mass is 127. The van der Waals surface area contributed by atoms with Gasteiger partial charge >= 0.3 is 6.61 Å². The predicted octanol–water partition coefficient (Wildman–Crippen LogP) is 4.16. The first kappa shape index (κ1) is 25.2. The Morgan fingerprint density at radius 2 is 2.19 bits per heavy atom. The molecule has 3 rings (SSSR count). The van der Waals surface area contributed by atoms with E-state index in [4.69, 9.17) is 9.73 Å². The van der Waals surface area contributed by atoms with E-state index in [1.165, 1.54) is 13.2 Å². The second kappa shape index (κ2) is 12.1. The molecule has 2 heterocycles. The highest BCUT2D eigenvalue weighted by Crippen LogP contribution is 2.29. The van der Waals surface area contributed by atoms with Gasteiger partial charge < -0.3 is 24.3 Å². The Balaban J connectivity index is 0.00000341. The van der Waals surface area contributed by atoms with Gasteiger partial charge in [0.2, 0.25) is 0 Å². The smallest absolute Gasteiger partial charge is 0.387 e. The van der Waals surface area contributed by atoms with Crippen LogP contribution in [0.25, 0.3) is 0 Å². The van der Waals surface area contributed by atoms with Gasteiger partial charge in [-0.05, 0) is 31.4 Å². The van der Waals surface area contributed by atoms with Gasteiger partial charge in [-0.25, -0.2) is 9.98 Å². The van der Waals surface area contributed by atoms with Crippen LogP contribution in [0, 0.1) is 5.92 Å². The lowest BCUT2D eigenvalue weighted by atomic mass is 9.93. The first-order chi connectivity index (χ1) is 14.5. The Labute approximate surface area is 198 Å². The van der Waals surface area contributed by atoms with Gasteiger partial charge in [0.15, 0.2) is 5.96 Å². The summed E-state index contributed by atoms with van der Waals surface area (Å²) < 4.78 is 37.6. The van der Waals surface area contributed by atoms with Crippen LogP contribution in [-0.4, -0.2) is 53.8 Å². The Morgan fingerprint density at radius 1 is 1.39 bits per heavy atom. The fourth-order valence-electron chi connectivity index (χ4n) is 3.68. The Bertz CT molecular complexity index is 835. The lowest BCUT2D eigenvalue weighted by Crippen LogP contribution is -2.49. The van der Waals surface area contributed by atoms with Crippen molar-refractivity contribution in [2.75, 3.05) is 26.7 Å². The van der Waals surface area contributed by atoms with Crippen molar-refractivity contribution in [3.8, 4) is 11.5 Å². The average Bonchev–Trinajstić information content (AvgIpc) is 3.26. The average molecular weight is 549 g/mol. The monoisotopic (exact) mass is 549 g/mol. The van der Waals surface area contributed by atoms with E-state index in [0.717, 1.165) is 25.5 Å². The van der Waals surface area contributed by atoms with Crippen LogP contribution in [0.1, 0.15) is 31.9 Å². The van der Waals surface area contributed by atoms with Gasteiger partial charge in [0.05, 0.1) is 26.0 Å². The predicted molar refractivity (Wildman–Crippen MR) is 126 cm³/mol. The summed E-state index contributed by atoms with van der Waals surface area (Å²) in [7, 11) is 1.48. The third kappa shape index (κ3) is 6.68. The van der Waals surface area contributed by atoms with Gasteiger partial charge in [0, 0.05) is 43.7 Å². The van der Waals surface area contributed by atoms with Crippen LogP contribution < -0.4 is 14.8 Å². The minimum atomic E-state index is -2.91. The second-order valence-electron chi connectivity index (χ2n) is 7.31. The molecule has 1 saturated heterocycles. The number of benzene rings is 1. The number of halogens is 3. The normalized spacial score (nSPS) is 19.2. The van der Waals surface area contributed by atoms with E-state index in [1.807, 2.05) is 19.4 Å². The van der Waals surface area contributed by atoms with Gasteiger partial charge in [0.25, 0.3) is 0 Å². The second-order valence-corrected chi connectivity index (χ2v) is 7.31. The van der Waals surface area contributed by atoms with Crippen molar-refractivity contribution in [1.29, 1.82) is 0 Å². The van der Waals surface area contributed by atoms with Crippen LogP contribution in [-0.2, 0) is 6.54 Å². The number of imidazole rings is 1. The summed E-state index contributed by atoms with van der Waals surface area (Å²) in [5.41, 5.74) is 0.572. The van der Waals surface area contributed by atoms with Crippen LogP contribution in [0.3, 0.4) is 0 Å². The summed E-state index contributed by atoms with van der Waals surface area (Å²) >= 11 is 0. The van der Waals surface area contributed by atoms with Crippen LogP contribution in [0.15, 0.2) is 41.9 Å². The Morgan fingerprint density at radius 3 is 2.84 bits per heavy atom. The number of hydrogen-bond donors (Lipinski definition) is 1. The molecule has 2 unspecified atom stereocenters. The zero-order valence-corrected chi connectivity index (χ0v) is 20.3. The first-order valence-corrected chi connectivity index (χ1v) is 10.1. The maximum absolute atomic E-state index is 12.8. The highest BCUT2D eigenvalue weighted by molar-refractivity contribution is 14.0. The molecule has 1 fully saturated rings. The number of likely N-dealkylation sites (tertiary alicyclic amines) is 1. The van der Waals surface area contributed by atoms with Crippen molar-refractivity contribution in [2.24, 2.45) is 10.9 Å². The minimum absolute atomic E-state index is 0. The van der Waals surface area contributed by atoms with E-state index in [-0.39, 0.29) is 36.3 Å². The molecule has 2 atom stereocenters. The summed E-state index contributed by atoms with van der Waals surface area (Å²) in [4.78, 5) is 11.1. The summed E-state index contributed by atoms with van der Waals surface area (Å²) in [6.07, 6.45) is 6.65. The number of aromatic nitrogens is 2. The van der Waals surface area contributed by atoms with Crippen LogP contribution in [0.2, 0.25) is 0 Å². The Hall–Kier alpha value is -2.11. The van der Waals surface area contributed by atoms with E-state index in [2.05, 4.69) is 31.4 Å². The van der Waals surface area contributed by atoms with E-state index in [1.54, 1.807) is 18.3 Å². The number of nitrogens with one attached hydrogen (secondary N) is 1. The first-order valence-electron chi connectivity index (χ1n) is 10.1. The van der Waals surface area contributed by atoms with Gasteiger partial charge in [-0.1, -0.05) is 6.92 Å². The van der Waals surface area contributed by atoms with Gasteiger partial charge in [-0.2, -0.15) is 8.78 Å². The summed E-state index contributed by atoms with van der Waals surface area (Å²) in [6, 6.07) is 5.18. The number of alkyl halides is 2. The fourth-order valence-corrected chi connectivity index (χ4v) is 3.68. The fraction of sp³-hybridized carbons (Fsp3) is 0.524. The zero-order valence-electron chi connectivity index (χ0n) is 18.0. The molecule has 0 aliphatic carbocycles. The molecular formula is C21H30F2IN5O2. The van der Waals surface area contributed by atoms with Crippen molar-refractivity contribution < 1.29 is 18.3 Å². The van der Waals surface area contributed by atoms with Crippen LogP contribution in [0.4, 0.5) is 8.78 Å². The van der Waals surface area contributed by atoms with Crippen molar-refractivity contribution >= 4 is 29.9 Å². The van der Waals surface area contributed by atoms with Crippen molar-refractivity contribution in [3.05, 3.63) is 42.5 Å². The standard InChI is InChI=1S/C21H29F2N5O2.HI/c1-4-25-21(27-9-7-15(2)18(13-27)28-10-8-24-14-28)26-12-16-5-6-17(29-3)11-19(16)30-20(22)23;/h5-6,8,10-11,14-15,18,20H,4,7,9,12-13H2,1-3H3,(H,25,26);1H. The van der Waals surface area contributed by atoms with Crippen molar-refractivity contribution in [1.82, 2.24) is 19.8 Å². The molecule has 0 bridgehead atoms. The SMILES string of the molecule is CCNC(=NCc1ccc(OC)cc1OC(F)F)N1CCC(C)C(n2ccnc2)C1.I. The molecule has 1 aromatic heterocycles. The highest BCUT2D eigenvalue weighted by Gasteiger charge is 2.29. The van der Waals surface area contributed by atoms with Crippen LogP contribution >= 0.6 is 24.0 Å². The molecule has 0 amide bonds. The van der Waals surface area contributed by atoms with E-state index in [0.29, 0.717) is 29.8 Å². The van der Waals surface area contributed by atoms with E-state index >= 15 is 0 Å². The summed E-state index contributed by atoms with van der Waals surface area (Å²) in [6.45, 7) is 3.95. The molecule has 1 N–H and O–H groups in total. The maximum Gasteiger partial charge on any atom is 0.387 e. The number of nitrogens with zero attached hydrogens (tertiary/aromatic N) is 4. The topological polar surface area (TPSA) is 63.9 Å². The molecule has 0 radical (unpaired) electrons. The summed E-state index contributed by atoms with van der Waals surface area (Å²) in [5, 5.41) is 3.32. The summed E-state index contributed by atoms with van der Waals surface area (Å²) in [5.74, 6) is 1.81. The molecule has 10 heteroatoms. The van der Waals surface area contributed by atoms with Crippen LogP contribution in [0.5, 0.6) is 11.5 Å². The van der Waals surface area contributed by atoms with Gasteiger partial charge in [-0.3, -0.25) is 0 Å². The number of methoxy groups -OCH3 is 1. The lowest BCUT2D eigenvalue weighted by molar-refractivity contribution is -0.0505. The molecule has 172 valence electrons. The number of rotatable bonds is 7. The Kier molecular flexibility index (Phi) is 9.79. The molecule has 1 aliphatic rings. The lowest BCUT2D eigenvalue weighted by Gasteiger charge is -2.39. The third-order valence-electron chi connectivity index (χ3n) is 5.35. The molecule has 0 spiro atoms. The number of hydrogen-bond acceptors (Lipinski definition) is 4. The molecule has 0 saturated carbocycles. The van der Waals surface area contributed by atoms with Gasteiger partial charge in [-0.15, -0.1) is 24.0 Å². The zero-order chi connectivity index (χ0) is 21.5. The third-order valence-corrected chi connectivity index (χ3v) is 5.35. The molecule has 2 aromatic rings. The van der Waals surface area contributed by atoms with Gasteiger partial charge in [0.1, 0.15) is 11.5 Å². The number of guanidine groups is 1. The van der Waals surface area contributed by atoms with Crippen molar-refractivity contribution in [3.63, 3.8) is 0 Å². The molecule has 31 heavy (non-hydrogen) atoms. The van der Waals surface area contributed by atoms with E-state index < -0.39 is 6.61 Å². The molecular weight excluding hydrogens is 519 g/mol. The quantitative estimate of drug-likeness (QED) is 0.320.